The number of aromatic nitrogens is 3. The second kappa shape index (κ2) is 7.96. The van der Waals surface area contributed by atoms with Crippen LogP contribution in [0.3, 0.4) is 0 Å². The minimum atomic E-state index is -0.0827. The molecule has 1 N–H and O–H groups in total. The Labute approximate surface area is 187 Å². The molecule has 0 aliphatic carbocycles. The Kier molecular flexibility index (Phi) is 5.00. The summed E-state index contributed by atoms with van der Waals surface area (Å²) in [5.41, 5.74) is 6.67. The molecule has 1 aromatic carbocycles. The van der Waals surface area contributed by atoms with Gasteiger partial charge in [-0.2, -0.15) is 0 Å². The van der Waals surface area contributed by atoms with Crippen molar-refractivity contribution < 1.29 is 0 Å². The molecule has 3 aromatic heterocycles. The summed E-state index contributed by atoms with van der Waals surface area (Å²) in [6.45, 7) is 4.26. The summed E-state index contributed by atoms with van der Waals surface area (Å²) in [5, 5.41) is 4.23. The molecule has 0 amide bonds. The summed E-state index contributed by atoms with van der Waals surface area (Å²) in [5.74, 6) is 0. The molecular weight excluding hydrogens is 402 g/mol. The number of nitrogens with zero attached hydrogens (tertiary/aromatic N) is 4. The van der Waals surface area contributed by atoms with Crippen molar-refractivity contribution in [2.75, 3.05) is 4.90 Å². The predicted octanol–water partition coefficient (Wildman–Crippen LogP) is 5.06. The van der Waals surface area contributed by atoms with Crippen LogP contribution in [0.25, 0.3) is 5.69 Å². The third kappa shape index (κ3) is 3.49. The van der Waals surface area contributed by atoms with Crippen LogP contribution in [0.1, 0.15) is 34.6 Å². The SMILES string of the molecule is Cc1ccc(N2C(=S)N[C@@H](c3ccccn3)[C@@H]2c2cccn2-c2cccnc2)cc1C. The molecule has 5 nitrogen and oxygen atoms in total. The first-order valence-electron chi connectivity index (χ1n) is 10.3. The molecule has 0 radical (unpaired) electrons. The Balaban J connectivity index is 1.68. The lowest BCUT2D eigenvalue weighted by Crippen LogP contribution is -2.30. The Bertz CT molecular complexity index is 1220. The molecule has 1 aliphatic rings. The lowest BCUT2D eigenvalue weighted by Gasteiger charge is -2.29. The van der Waals surface area contributed by atoms with Crippen molar-refractivity contribution >= 4 is 23.0 Å². The highest BCUT2D eigenvalue weighted by Crippen LogP contribution is 2.42. The van der Waals surface area contributed by atoms with Gasteiger partial charge in [0.15, 0.2) is 5.11 Å². The molecule has 4 heterocycles. The van der Waals surface area contributed by atoms with Gasteiger partial charge in [-0.1, -0.05) is 12.1 Å². The van der Waals surface area contributed by atoms with Crippen molar-refractivity contribution in [1.29, 1.82) is 0 Å². The fraction of sp³-hybridized carbons (Fsp3) is 0.160. The van der Waals surface area contributed by atoms with Crippen molar-refractivity contribution in [3.8, 4) is 5.69 Å². The molecule has 2 atom stereocenters. The normalized spacial score (nSPS) is 18.3. The minimum Gasteiger partial charge on any atom is -0.351 e. The van der Waals surface area contributed by atoms with Crippen molar-refractivity contribution in [2.24, 2.45) is 0 Å². The molecule has 1 saturated heterocycles. The van der Waals surface area contributed by atoms with E-state index in [1.54, 1.807) is 6.20 Å². The number of thiocarbonyl (C=S) groups is 1. The number of aryl methyl sites for hydroxylation is 2. The van der Waals surface area contributed by atoms with E-state index in [0.717, 1.165) is 22.8 Å². The lowest BCUT2D eigenvalue weighted by atomic mass is 10.00. The molecule has 0 unspecified atom stereocenters. The summed E-state index contributed by atoms with van der Waals surface area (Å²) in [6, 6.07) is 20.6. The summed E-state index contributed by atoms with van der Waals surface area (Å²) in [6.07, 6.45) is 7.56. The summed E-state index contributed by atoms with van der Waals surface area (Å²) >= 11 is 5.85. The highest BCUT2D eigenvalue weighted by Gasteiger charge is 2.42. The van der Waals surface area contributed by atoms with E-state index in [9.17, 15) is 0 Å². The van der Waals surface area contributed by atoms with Gasteiger partial charge in [0.2, 0.25) is 0 Å². The minimum absolute atomic E-state index is 0.0697. The van der Waals surface area contributed by atoms with E-state index >= 15 is 0 Å². The highest BCUT2D eigenvalue weighted by molar-refractivity contribution is 7.80. The van der Waals surface area contributed by atoms with Gasteiger partial charge in [-0.15, -0.1) is 0 Å². The number of benzene rings is 1. The zero-order valence-corrected chi connectivity index (χ0v) is 18.3. The number of hydrogen-bond donors (Lipinski definition) is 1. The number of nitrogens with one attached hydrogen (secondary N) is 1. The van der Waals surface area contributed by atoms with Crippen molar-refractivity contribution in [3.05, 3.63) is 108 Å². The first-order chi connectivity index (χ1) is 15.1. The van der Waals surface area contributed by atoms with Crippen molar-refractivity contribution in [1.82, 2.24) is 19.9 Å². The third-order valence-electron chi connectivity index (χ3n) is 5.87. The molecule has 6 heteroatoms. The van der Waals surface area contributed by atoms with Crippen LogP contribution in [-0.2, 0) is 0 Å². The molecule has 4 aromatic rings. The lowest BCUT2D eigenvalue weighted by molar-refractivity contribution is 0.549. The van der Waals surface area contributed by atoms with E-state index in [-0.39, 0.29) is 12.1 Å². The van der Waals surface area contributed by atoms with Gasteiger partial charge >= 0.3 is 0 Å². The average Bonchev–Trinajstić information content (AvgIpc) is 3.41. The van der Waals surface area contributed by atoms with Gasteiger partial charge in [0.05, 0.1) is 23.6 Å². The van der Waals surface area contributed by atoms with Gasteiger partial charge in [-0.05, 0) is 85.7 Å². The van der Waals surface area contributed by atoms with Crippen LogP contribution < -0.4 is 10.2 Å². The molecule has 0 bridgehead atoms. The summed E-state index contributed by atoms with van der Waals surface area (Å²) < 4.78 is 2.18. The van der Waals surface area contributed by atoms with E-state index < -0.39 is 0 Å². The summed E-state index contributed by atoms with van der Waals surface area (Å²) in [7, 11) is 0. The number of pyridine rings is 2. The maximum absolute atomic E-state index is 5.85. The average molecular weight is 426 g/mol. The van der Waals surface area contributed by atoms with E-state index in [0.29, 0.717) is 5.11 Å². The first-order valence-corrected chi connectivity index (χ1v) is 10.7. The van der Waals surface area contributed by atoms with Crippen molar-refractivity contribution in [2.45, 2.75) is 25.9 Å². The molecule has 154 valence electrons. The van der Waals surface area contributed by atoms with Crippen LogP contribution in [-0.4, -0.2) is 19.6 Å². The van der Waals surface area contributed by atoms with Crippen LogP contribution >= 0.6 is 12.2 Å². The van der Waals surface area contributed by atoms with Crippen LogP contribution in [0.4, 0.5) is 5.69 Å². The molecule has 1 aliphatic heterocycles. The maximum atomic E-state index is 5.85. The van der Waals surface area contributed by atoms with Gasteiger partial charge in [0, 0.05) is 30.0 Å². The van der Waals surface area contributed by atoms with Crippen LogP contribution in [0.15, 0.2) is 85.5 Å². The first kappa shape index (κ1) is 19.5. The topological polar surface area (TPSA) is 46.0 Å². The summed E-state index contributed by atoms with van der Waals surface area (Å²) in [4.78, 5) is 11.2. The van der Waals surface area contributed by atoms with Gasteiger partial charge in [-0.3, -0.25) is 9.97 Å². The van der Waals surface area contributed by atoms with Crippen LogP contribution in [0.5, 0.6) is 0 Å². The van der Waals surface area contributed by atoms with E-state index in [2.05, 4.69) is 87.3 Å². The smallest absolute Gasteiger partial charge is 0.174 e. The second-order valence-electron chi connectivity index (χ2n) is 7.78. The van der Waals surface area contributed by atoms with E-state index in [1.807, 2.05) is 30.6 Å². The Hall–Kier alpha value is -3.51. The third-order valence-corrected chi connectivity index (χ3v) is 6.19. The zero-order chi connectivity index (χ0) is 21.4. The van der Waals surface area contributed by atoms with Crippen molar-refractivity contribution in [3.63, 3.8) is 0 Å². The Morgan fingerprint density at radius 1 is 0.903 bits per heavy atom. The molecule has 0 spiro atoms. The van der Waals surface area contributed by atoms with Gasteiger partial charge in [0.1, 0.15) is 6.04 Å². The maximum Gasteiger partial charge on any atom is 0.174 e. The van der Waals surface area contributed by atoms with Crippen LogP contribution in [0, 0.1) is 13.8 Å². The van der Waals surface area contributed by atoms with Gasteiger partial charge in [-0.25, -0.2) is 0 Å². The Morgan fingerprint density at radius 3 is 2.55 bits per heavy atom. The monoisotopic (exact) mass is 425 g/mol. The Morgan fingerprint density at radius 2 is 1.81 bits per heavy atom. The number of anilines is 1. The second-order valence-corrected chi connectivity index (χ2v) is 8.17. The quantitative estimate of drug-likeness (QED) is 0.463. The number of hydrogen-bond acceptors (Lipinski definition) is 3. The van der Waals surface area contributed by atoms with Gasteiger partial charge < -0.3 is 14.8 Å². The molecule has 5 rings (SSSR count). The molecule has 1 fully saturated rings. The molecule has 31 heavy (non-hydrogen) atoms. The standard InChI is InChI=1S/C25H23N5S/c1-17-10-11-19(15-18(17)2)30-24(23(28-25(30)31)21-8-3-4-13-27-21)22-9-6-14-29(22)20-7-5-12-26-16-20/h3-16,23-24H,1-2H3,(H,28,31)/t23-,24-/m0/s1. The predicted molar refractivity (Wildman–Crippen MR) is 127 cm³/mol. The van der Waals surface area contributed by atoms with E-state index in [1.165, 1.54) is 11.1 Å². The largest absolute Gasteiger partial charge is 0.351 e. The molecule has 0 saturated carbocycles. The fourth-order valence-corrected chi connectivity index (χ4v) is 4.52. The number of rotatable bonds is 4. The van der Waals surface area contributed by atoms with E-state index in [4.69, 9.17) is 12.2 Å². The fourth-order valence-electron chi connectivity index (χ4n) is 4.18. The highest BCUT2D eigenvalue weighted by atomic mass is 32.1. The van der Waals surface area contributed by atoms with Crippen LogP contribution in [0.2, 0.25) is 0 Å². The zero-order valence-electron chi connectivity index (χ0n) is 17.4. The van der Waals surface area contributed by atoms with Gasteiger partial charge in [0.25, 0.3) is 0 Å². The molecular formula is C25H23N5S.